The van der Waals surface area contributed by atoms with Crippen LogP contribution in [0.1, 0.15) is 24.5 Å². The topological polar surface area (TPSA) is 17.1 Å². The Balaban J connectivity index is 2.20. The predicted molar refractivity (Wildman–Crippen MR) is 65.6 cm³/mol. The number of halogens is 4. The normalized spacial score (nSPS) is 23.9. The van der Waals surface area contributed by atoms with E-state index in [2.05, 4.69) is 0 Å². The quantitative estimate of drug-likeness (QED) is 0.770. The summed E-state index contributed by atoms with van der Waals surface area (Å²) in [5.74, 6) is -1.15. The molecule has 1 aliphatic rings. The van der Waals surface area contributed by atoms with Gasteiger partial charge in [0.25, 0.3) is 0 Å². The Bertz CT molecular complexity index is 498. The van der Waals surface area contributed by atoms with Crippen LogP contribution in [0.3, 0.4) is 0 Å². The summed E-state index contributed by atoms with van der Waals surface area (Å²) in [5.41, 5.74) is -1.22. The van der Waals surface area contributed by atoms with Gasteiger partial charge in [-0.15, -0.1) is 11.8 Å². The average molecular weight is 292 g/mol. The number of hydrogen-bond donors (Lipinski definition) is 0. The zero-order chi connectivity index (χ0) is 14.2. The van der Waals surface area contributed by atoms with Crippen LogP contribution in [0.2, 0.25) is 0 Å². The monoisotopic (exact) mass is 292 g/mol. The number of hydrogen-bond acceptors (Lipinski definition) is 2. The summed E-state index contributed by atoms with van der Waals surface area (Å²) in [4.78, 5) is 11.4. The second-order valence-electron chi connectivity index (χ2n) is 4.55. The lowest BCUT2D eigenvalue weighted by molar-refractivity contribution is -0.140. The van der Waals surface area contributed by atoms with E-state index in [9.17, 15) is 22.4 Å². The van der Waals surface area contributed by atoms with Gasteiger partial charge in [-0.05, 0) is 25.0 Å². The molecule has 1 aliphatic heterocycles. The van der Waals surface area contributed by atoms with Gasteiger partial charge in [0.15, 0.2) is 0 Å². The average Bonchev–Trinajstić information content (AvgIpc) is 2.59. The van der Waals surface area contributed by atoms with Crippen LogP contribution < -0.4 is 0 Å². The fourth-order valence-electron chi connectivity index (χ4n) is 2.12. The van der Waals surface area contributed by atoms with Crippen molar-refractivity contribution >= 4 is 17.5 Å². The molecular formula is C13H12F4OS. The zero-order valence-corrected chi connectivity index (χ0v) is 10.9. The molecule has 0 spiro atoms. The van der Waals surface area contributed by atoms with Gasteiger partial charge >= 0.3 is 6.18 Å². The molecule has 0 aromatic heterocycles. The number of alkyl halides is 3. The standard InChI is InChI=1S/C13H12F4OS/c1-7-11(18)6-9(19-7)5-8-3-2-4-10(12(8)14)13(15,16)17/h2-4,7,9H,5-6H2,1H3. The molecular weight excluding hydrogens is 280 g/mol. The lowest BCUT2D eigenvalue weighted by Crippen LogP contribution is -2.12. The molecule has 2 unspecified atom stereocenters. The first-order valence-corrected chi connectivity index (χ1v) is 6.76. The highest BCUT2D eigenvalue weighted by Crippen LogP contribution is 2.36. The summed E-state index contributed by atoms with van der Waals surface area (Å²) in [6.45, 7) is 1.76. The van der Waals surface area contributed by atoms with Crippen molar-refractivity contribution in [3.63, 3.8) is 0 Å². The van der Waals surface area contributed by atoms with E-state index in [0.717, 1.165) is 6.07 Å². The van der Waals surface area contributed by atoms with Crippen molar-refractivity contribution < 1.29 is 22.4 Å². The fourth-order valence-corrected chi connectivity index (χ4v) is 3.49. The van der Waals surface area contributed by atoms with Gasteiger partial charge in [0, 0.05) is 11.7 Å². The molecule has 6 heteroatoms. The molecule has 1 nitrogen and oxygen atoms in total. The van der Waals surface area contributed by atoms with Crippen LogP contribution in [-0.4, -0.2) is 16.3 Å². The molecule has 0 radical (unpaired) electrons. The summed E-state index contributed by atoms with van der Waals surface area (Å²) in [7, 11) is 0. The molecule has 0 bridgehead atoms. The van der Waals surface area contributed by atoms with E-state index in [4.69, 9.17) is 0 Å². The second-order valence-corrected chi connectivity index (χ2v) is 6.20. The van der Waals surface area contributed by atoms with Crippen LogP contribution in [0.4, 0.5) is 17.6 Å². The molecule has 1 heterocycles. The van der Waals surface area contributed by atoms with Crippen molar-refractivity contribution in [3.05, 3.63) is 35.1 Å². The van der Waals surface area contributed by atoms with E-state index >= 15 is 0 Å². The third kappa shape index (κ3) is 3.11. The van der Waals surface area contributed by atoms with Crippen molar-refractivity contribution in [2.75, 3.05) is 0 Å². The Labute approximate surface area is 112 Å². The minimum absolute atomic E-state index is 0.0224. The fraction of sp³-hybridized carbons (Fsp3) is 0.462. The Hall–Kier alpha value is -1.04. The first kappa shape index (κ1) is 14.4. The van der Waals surface area contributed by atoms with Gasteiger partial charge in [-0.3, -0.25) is 4.79 Å². The van der Waals surface area contributed by atoms with E-state index in [-0.39, 0.29) is 28.3 Å². The van der Waals surface area contributed by atoms with Gasteiger partial charge in [0.1, 0.15) is 11.6 Å². The van der Waals surface area contributed by atoms with E-state index < -0.39 is 17.6 Å². The molecule has 104 valence electrons. The molecule has 2 rings (SSSR count). The second kappa shape index (κ2) is 5.15. The largest absolute Gasteiger partial charge is 0.419 e. The van der Waals surface area contributed by atoms with E-state index in [1.165, 1.54) is 23.9 Å². The van der Waals surface area contributed by atoms with E-state index in [0.29, 0.717) is 6.42 Å². The van der Waals surface area contributed by atoms with Crippen molar-refractivity contribution in [3.8, 4) is 0 Å². The summed E-state index contributed by atoms with van der Waals surface area (Å²) in [6, 6.07) is 3.28. The number of ketones is 1. The van der Waals surface area contributed by atoms with Crippen LogP contribution in [0.25, 0.3) is 0 Å². The number of thioether (sulfide) groups is 1. The molecule has 1 saturated heterocycles. The minimum atomic E-state index is -4.69. The third-order valence-corrected chi connectivity index (χ3v) is 4.50. The van der Waals surface area contributed by atoms with Crippen LogP contribution in [-0.2, 0) is 17.4 Å². The maximum absolute atomic E-state index is 13.8. The first-order valence-electron chi connectivity index (χ1n) is 5.82. The summed E-state index contributed by atoms with van der Waals surface area (Å²) in [6.07, 6.45) is -4.25. The highest BCUT2D eigenvalue weighted by atomic mass is 32.2. The Morgan fingerprint density at radius 1 is 1.37 bits per heavy atom. The molecule has 0 N–H and O–H groups in total. The SMILES string of the molecule is CC1SC(Cc2cccc(C(F)(F)F)c2F)CC1=O. The Morgan fingerprint density at radius 3 is 2.58 bits per heavy atom. The summed E-state index contributed by atoms with van der Waals surface area (Å²) < 4.78 is 51.5. The predicted octanol–water partition coefficient (Wildman–Crippen LogP) is 3.85. The number of carbonyl (C=O) groups excluding carboxylic acids is 1. The first-order chi connectivity index (χ1) is 8.79. The van der Waals surface area contributed by atoms with Gasteiger partial charge in [-0.1, -0.05) is 12.1 Å². The van der Waals surface area contributed by atoms with E-state index in [1.54, 1.807) is 6.92 Å². The number of rotatable bonds is 2. The van der Waals surface area contributed by atoms with Crippen molar-refractivity contribution in [1.82, 2.24) is 0 Å². The summed E-state index contributed by atoms with van der Waals surface area (Å²) in [5, 5.41) is -0.292. The third-order valence-electron chi connectivity index (χ3n) is 3.11. The van der Waals surface area contributed by atoms with Crippen LogP contribution >= 0.6 is 11.8 Å². The number of Topliss-reactive ketones (excluding diaryl/α,β-unsaturated/α-hetero) is 1. The molecule has 19 heavy (non-hydrogen) atoms. The number of benzene rings is 1. The molecule has 0 amide bonds. The lowest BCUT2D eigenvalue weighted by atomic mass is 10.0. The van der Waals surface area contributed by atoms with Gasteiger partial charge in [0.05, 0.1) is 10.8 Å². The van der Waals surface area contributed by atoms with Crippen LogP contribution in [0.5, 0.6) is 0 Å². The molecule has 1 aromatic carbocycles. The molecule has 2 atom stereocenters. The van der Waals surface area contributed by atoms with Crippen molar-refractivity contribution in [2.45, 2.75) is 36.4 Å². The van der Waals surface area contributed by atoms with E-state index in [1.807, 2.05) is 0 Å². The van der Waals surface area contributed by atoms with Gasteiger partial charge < -0.3 is 0 Å². The minimum Gasteiger partial charge on any atom is -0.298 e. The lowest BCUT2D eigenvalue weighted by Gasteiger charge is -2.13. The van der Waals surface area contributed by atoms with Gasteiger partial charge in [0.2, 0.25) is 0 Å². The number of carbonyl (C=O) groups is 1. The van der Waals surface area contributed by atoms with Crippen LogP contribution in [0.15, 0.2) is 18.2 Å². The maximum Gasteiger partial charge on any atom is 0.419 e. The summed E-state index contributed by atoms with van der Waals surface area (Å²) >= 11 is 1.39. The molecule has 1 aromatic rings. The molecule has 1 fully saturated rings. The molecule has 0 aliphatic carbocycles. The highest BCUT2D eigenvalue weighted by Gasteiger charge is 2.36. The highest BCUT2D eigenvalue weighted by molar-refractivity contribution is 8.01. The smallest absolute Gasteiger partial charge is 0.298 e. The van der Waals surface area contributed by atoms with Gasteiger partial charge in [-0.25, -0.2) is 4.39 Å². The maximum atomic E-state index is 13.8. The zero-order valence-electron chi connectivity index (χ0n) is 10.1. The van der Waals surface area contributed by atoms with Gasteiger partial charge in [-0.2, -0.15) is 13.2 Å². The molecule has 0 saturated carbocycles. The Morgan fingerprint density at radius 2 is 2.05 bits per heavy atom. The van der Waals surface area contributed by atoms with Crippen molar-refractivity contribution in [2.24, 2.45) is 0 Å². The Kier molecular flexibility index (Phi) is 3.90. The van der Waals surface area contributed by atoms with Crippen LogP contribution in [0, 0.1) is 5.82 Å². The van der Waals surface area contributed by atoms with Crippen molar-refractivity contribution in [1.29, 1.82) is 0 Å².